The molecule has 0 aromatic heterocycles. The van der Waals surface area contributed by atoms with Crippen molar-refractivity contribution in [1.29, 1.82) is 0 Å². The number of rotatable bonds is 4. The fraction of sp³-hybridized carbons (Fsp3) is 0.0714. The smallest absolute Gasteiger partial charge is 0.203 e. The first kappa shape index (κ1) is 13.5. The largest absolute Gasteiger partial charge is 0.485 e. The van der Waals surface area contributed by atoms with Crippen molar-refractivity contribution in [2.75, 3.05) is 6.61 Å². The van der Waals surface area contributed by atoms with Gasteiger partial charge in [-0.3, -0.25) is 4.79 Å². The lowest BCUT2D eigenvalue weighted by atomic mass is 10.1. The van der Waals surface area contributed by atoms with E-state index < -0.39 is 17.4 Å². The van der Waals surface area contributed by atoms with Crippen LogP contribution in [0.2, 0.25) is 5.02 Å². The lowest BCUT2D eigenvalue weighted by Crippen LogP contribution is -2.13. The summed E-state index contributed by atoms with van der Waals surface area (Å²) in [6.45, 7) is -0.373. The maximum Gasteiger partial charge on any atom is 0.203 e. The Morgan fingerprint density at radius 1 is 1.11 bits per heavy atom. The van der Waals surface area contributed by atoms with Crippen molar-refractivity contribution in [3.63, 3.8) is 0 Å². The van der Waals surface area contributed by atoms with Crippen molar-refractivity contribution in [1.82, 2.24) is 0 Å². The van der Waals surface area contributed by atoms with Crippen molar-refractivity contribution in [3.8, 4) is 5.75 Å². The molecule has 2 aromatic rings. The Hall–Kier alpha value is -1.94. The molecular weight excluding hydrogens is 274 g/mol. The summed E-state index contributed by atoms with van der Waals surface area (Å²) in [7, 11) is 0. The van der Waals surface area contributed by atoms with E-state index in [1.165, 1.54) is 30.3 Å². The third kappa shape index (κ3) is 3.29. The van der Waals surface area contributed by atoms with Crippen LogP contribution in [-0.4, -0.2) is 12.4 Å². The van der Waals surface area contributed by atoms with Crippen molar-refractivity contribution in [2.45, 2.75) is 0 Å². The van der Waals surface area contributed by atoms with Crippen LogP contribution in [0.25, 0.3) is 0 Å². The molecule has 0 spiro atoms. The zero-order chi connectivity index (χ0) is 13.8. The summed E-state index contributed by atoms with van der Waals surface area (Å²) in [5, 5.41) is -0.0345. The summed E-state index contributed by atoms with van der Waals surface area (Å²) in [6, 6.07) is 9.41. The minimum atomic E-state index is -0.641. The Balaban J connectivity index is 2.04. The standard InChI is InChI=1S/C14H9ClF2O2/c15-11-6-5-9(7-13(11)17)19-8-14(18)10-3-1-2-4-12(10)16/h1-7H,8H2. The summed E-state index contributed by atoms with van der Waals surface area (Å²) in [4.78, 5) is 11.7. The topological polar surface area (TPSA) is 26.3 Å². The second-order valence-electron chi connectivity index (χ2n) is 3.77. The zero-order valence-electron chi connectivity index (χ0n) is 9.70. The first-order valence-corrected chi connectivity index (χ1v) is 5.81. The van der Waals surface area contributed by atoms with Gasteiger partial charge in [0.25, 0.3) is 0 Å². The minimum absolute atomic E-state index is 0.0345. The summed E-state index contributed by atoms with van der Waals surface area (Å²) in [6.07, 6.45) is 0. The summed E-state index contributed by atoms with van der Waals surface area (Å²) < 4.78 is 31.6. The van der Waals surface area contributed by atoms with Gasteiger partial charge in [-0.2, -0.15) is 0 Å². The fourth-order valence-corrected chi connectivity index (χ4v) is 1.60. The molecule has 5 heteroatoms. The van der Waals surface area contributed by atoms with Crippen LogP contribution in [0.4, 0.5) is 8.78 Å². The monoisotopic (exact) mass is 282 g/mol. The van der Waals surface area contributed by atoms with Crippen LogP contribution < -0.4 is 4.74 Å². The molecule has 0 fully saturated rings. The second kappa shape index (κ2) is 5.80. The summed E-state index contributed by atoms with van der Waals surface area (Å²) >= 11 is 5.51. The molecule has 2 rings (SSSR count). The Kier molecular flexibility index (Phi) is 4.12. The van der Waals surface area contributed by atoms with Gasteiger partial charge in [-0.05, 0) is 24.3 Å². The predicted octanol–water partition coefficient (Wildman–Crippen LogP) is 3.88. The average molecular weight is 283 g/mol. The normalized spacial score (nSPS) is 10.3. The number of Topliss-reactive ketones (excluding diaryl/α,β-unsaturated/α-hetero) is 1. The molecule has 98 valence electrons. The van der Waals surface area contributed by atoms with Gasteiger partial charge in [0, 0.05) is 6.07 Å². The number of hydrogen-bond donors (Lipinski definition) is 0. The van der Waals surface area contributed by atoms with Crippen molar-refractivity contribution < 1.29 is 18.3 Å². The number of carbonyl (C=O) groups excluding carboxylic acids is 1. The highest BCUT2D eigenvalue weighted by Crippen LogP contribution is 2.20. The lowest BCUT2D eigenvalue weighted by molar-refractivity contribution is 0.0917. The first-order chi connectivity index (χ1) is 9.08. The lowest BCUT2D eigenvalue weighted by Gasteiger charge is -2.06. The van der Waals surface area contributed by atoms with Gasteiger partial charge in [-0.25, -0.2) is 8.78 Å². The third-order valence-corrected chi connectivity index (χ3v) is 2.74. The minimum Gasteiger partial charge on any atom is -0.485 e. The summed E-state index contributed by atoms with van der Waals surface area (Å²) in [5.74, 6) is -1.61. The number of benzene rings is 2. The molecule has 0 saturated heterocycles. The van der Waals surface area contributed by atoms with E-state index >= 15 is 0 Å². The molecule has 2 nitrogen and oxygen atoms in total. The van der Waals surface area contributed by atoms with E-state index in [-0.39, 0.29) is 22.9 Å². The van der Waals surface area contributed by atoms with Crippen LogP contribution >= 0.6 is 11.6 Å². The van der Waals surface area contributed by atoms with E-state index in [9.17, 15) is 13.6 Å². The molecule has 2 aromatic carbocycles. The Bertz CT molecular complexity index is 614. The van der Waals surface area contributed by atoms with Gasteiger partial charge >= 0.3 is 0 Å². The molecule has 0 aliphatic rings. The van der Waals surface area contributed by atoms with Gasteiger partial charge in [0.1, 0.15) is 17.4 Å². The molecule has 0 saturated carbocycles. The van der Waals surface area contributed by atoms with Crippen LogP contribution in [0.3, 0.4) is 0 Å². The number of halogens is 3. The van der Waals surface area contributed by atoms with Gasteiger partial charge in [-0.15, -0.1) is 0 Å². The van der Waals surface area contributed by atoms with Gasteiger partial charge in [0.2, 0.25) is 5.78 Å². The molecule has 0 unspecified atom stereocenters. The molecule has 0 amide bonds. The number of ether oxygens (including phenoxy) is 1. The average Bonchev–Trinajstić information content (AvgIpc) is 2.40. The van der Waals surface area contributed by atoms with Crippen LogP contribution in [0, 0.1) is 11.6 Å². The Morgan fingerprint density at radius 2 is 1.84 bits per heavy atom. The number of hydrogen-bond acceptors (Lipinski definition) is 2. The number of ketones is 1. The van der Waals surface area contributed by atoms with Crippen LogP contribution in [0.5, 0.6) is 5.75 Å². The van der Waals surface area contributed by atoms with Crippen molar-refractivity contribution >= 4 is 17.4 Å². The van der Waals surface area contributed by atoms with Gasteiger partial charge in [0.05, 0.1) is 10.6 Å². The van der Waals surface area contributed by atoms with E-state index in [1.54, 1.807) is 6.07 Å². The Morgan fingerprint density at radius 3 is 2.53 bits per heavy atom. The molecule has 19 heavy (non-hydrogen) atoms. The molecule has 0 aliphatic carbocycles. The molecule has 0 N–H and O–H groups in total. The summed E-state index contributed by atoms with van der Waals surface area (Å²) in [5.41, 5.74) is -0.0584. The van der Waals surface area contributed by atoms with Crippen molar-refractivity contribution in [2.24, 2.45) is 0 Å². The maximum absolute atomic E-state index is 13.3. The SMILES string of the molecule is O=C(COc1ccc(Cl)c(F)c1)c1ccccc1F. The number of carbonyl (C=O) groups is 1. The van der Waals surface area contributed by atoms with E-state index in [0.717, 1.165) is 6.07 Å². The van der Waals surface area contributed by atoms with E-state index in [0.29, 0.717) is 0 Å². The molecule has 0 bridgehead atoms. The van der Waals surface area contributed by atoms with E-state index in [4.69, 9.17) is 16.3 Å². The fourth-order valence-electron chi connectivity index (χ4n) is 1.48. The predicted molar refractivity (Wildman–Crippen MR) is 67.6 cm³/mol. The van der Waals surface area contributed by atoms with Crippen LogP contribution in [-0.2, 0) is 0 Å². The van der Waals surface area contributed by atoms with Gasteiger partial charge < -0.3 is 4.74 Å². The van der Waals surface area contributed by atoms with E-state index in [2.05, 4.69) is 0 Å². The molecule has 0 atom stereocenters. The zero-order valence-corrected chi connectivity index (χ0v) is 10.5. The first-order valence-electron chi connectivity index (χ1n) is 5.43. The van der Waals surface area contributed by atoms with Crippen LogP contribution in [0.15, 0.2) is 42.5 Å². The highest BCUT2D eigenvalue weighted by Gasteiger charge is 2.12. The maximum atomic E-state index is 13.3. The molecular formula is C14H9ClF2O2. The highest BCUT2D eigenvalue weighted by atomic mass is 35.5. The third-order valence-electron chi connectivity index (χ3n) is 2.44. The molecule has 0 heterocycles. The van der Waals surface area contributed by atoms with Crippen molar-refractivity contribution in [3.05, 3.63) is 64.7 Å². The Labute approximate surface area is 113 Å². The highest BCUT2D eigenvalue weighted by molar-refractivity contribution is 6.30. The molecule has 0 radical (unpaired) electrons. The quantitative estimate of drug-likeness (QED) is 0.796. The van der Waals surface area contributed by atoms with E-state index in [1.807, 2.05) is 0 Å². The van der Waals surface area contributed by atoms with Crippen LogP contribution in [0.1, 0.15) is 10.4 Å². The van der Waals surface area contributed by atoms with Gasteiger partial charge in [0.15, 0.2) is 6.61 Å². The van der Waals surface area contributed by atoms with Gasteiger partial charge in [-0.1, -0.05) is 23.7 Å². The second-order valence-corrected chi connectivity index (χ2v) is 4.17. The molecule has 0 aliphatic heterocycles.